The molecule has 0 heterocycles. The summed E-state index contributed by atoms with van der Waals surface area (Å²) in [6, 6.07) is 15.4. The van der Waals surface area contributed by atoms with E-state index in [4.69, 9.17) is 44.3 Å². The maximum absolute atomic E-state index is 12.6. The second-order valence-electron chi connectivity index (χ2n) is 7.53. The van der Waals surface area contributed by atoms with Gasteiger partial charge in [-0.05, 0) is 55.5 Å². The first kappa shape index (κ1) is 27.3. The third-order valence-electron chi connectivity index (χ3n) is 4.53. The van der Waals surface area contributed by atoms with Gasteiger partial charge in [0.25, 0.3) is 5.91 Å². The van der Waals surface area contributed by atoms with E-state index in [0.29, 0.717) is 15.8 Å². The lowest BCUT2D eigenvalue weighted by Crippen LogP contribution is -2.49. The van der Waals surface area contributed by atoms with Crippen LogP contribution in [-0.4, -0.2) is 24.4 Å². The van der Waals surface area contributed by atoms with Crippen LogP contribution in [0, 0.1) is 11.3 Å². The fourth-order valence-corrected chi connectivity index (χ4v) is 3.25. The van der Waals surface area contributed by atoms with Gasteiger partial charge in [0, 0.05) is 22.7 Å². The molecule has 1 unspecified atom stereocenters. The summed E-state index contributed by atoms with van der Waals surface area (Å²) in [5, 5.41) is 13.1. The zero-order chi connectivity index (χ0) is 26.5. The third-order valence-corrected chi connectivity index (χ3v) is 5.50. The van der Waals surface area contributed by atoms with Gasteiger partial charge in [-0.3, -0.25) is 4.79 Å². The topological polar surface area (TPSA) is 80.6 Å². The number of benzene rings is 3. The van der Waals surface area contributed by atoms with Gasteiger partial charge >= 0.3 is 6.36 Å². The highest BCUT2D eigenvalue weighted by Gasteiger charge is 2.31. The smallest absolute Gasteiger partial charge is 0.486 e. The molecule has 0 saturated carbocycles. The zero-order valence-electron chi connectivity index (χ0n) is 18.3. The van der Waals surface area contributed by atoms with Crippen LogP contribution in [0.4, 0.5) is 13.2 Å². The van der Waals surface area contributed by atoms with Crippen molar-refractivity contribution in [1.29, 1.82) is 5.26 Å². The molecule has 1 N–H and O–H groups in total. The lowest BCUT2D eigenvalue weighted by molar-refractivity contribution is -0.274. The van der Waals surface area contributed by atoms with Gasteiger partial charge in [0.15, 0.2) is 17.0 Å². The van der Waals surface area contributed by atoms with Crippen molar-refractivity contribution in [3.8, 4) is 29.1 Å². The number of hydrogen-bond acceptors (Lipinski definition) is 5. The first-order chi connectivity index (χ1) is 16.9. The molecular formula is C24H16Cl3F3N2O4. The predicted octanol–water partition coefficient (Wildman–Crippen LogP) is 7.43. The summed E-state index contributed by atoms with van der Waals surface area (Å²) in [6.07, 6.45) is -4.86. The monoisotopic (exact) mass is 558 g/mol. The number of rotatable bonds is 8. The molecule has 0 fully saturated rings. The van der Waals surface area contributed by atoms with Crippen LogP contribution >= 0.6 is 34.8 Å². The van der Waals surface area contributed by atoms with E-state index in [1.165, 1.54) is 19.1 Å². The summed E-state index contributed by atoms with van der Waals surface area (Å²) in [6.45, 7) is 1.10. The fourth-order valence-electron chi connectivity index (χ4n) is 2.80. The second-order valence-corrected chi connectivity index (χ2v) is 8.78. The summed E-state index contributed by atoms with van der Waals surface area (Å²) < 4.78 is 52.3. The van der Waals surface area contributed by atoms with Crippen LogP contribution in [0.3, 0.4) is 0 Å². The van der Waals surface area contributed by atoms with E-state index >= 15 is 0 Å². The molecule has 0 spiro atoms. The highest BCUT2D eigenvalue weighted by atomic mass is 35.5. The van der Waals surface area contributed by atoms with E-state index in [1.54, 1.807) is 24.3 Å². The van der Waals surface area contributed by atoms with Crippen LogP contribution in [0.2, 0.25) is 15.1 Å². The Morgan fingerprint density at radius 3 is 2.22 bits per heavy atom. The van der Waals surface area contributed by atoms with Crippen LogP contribution in [0.15, 0.2) is 60.7 Å². The normalized spacial score (nSPS) is 12.7. The average molecular weight is 560 g/mol. The molecule has 0 radical (unpaired) electrons. The molecule has 0 aromatic heterocycles. The number of nitrogens with zero attached hydrogens (tertiary/aromatic N) is 1. The van der Waals surface area contributed by atoms with Crippen molar-refractivity contribution in [2.75, 3.05) is 6.61 Å². The molecule has 0 saturated heterocycles. The van der Waals surface area contributed by atoms with Crippen molar-refractivity contribution in [3.05, 3.63) is 81.3 Å². The van der Waals surface area contributed by atoms with E-state index in [9.17, 15) is 23.2 Å². The number of carbonyl (C=O) groups is 1. The van der Waals surface area contributed by atoms with Gasteiger partial charge in [-0.15, -0.1) is 13.2 Å². The van der Waals surface area contributed by atoms with Crippen molar-refractivity contribution in [2.45, 2.75) is 18.8 Å². The Labute approximate surface area is 219 Å². The molecule has 1 amide bonds. The molecule has 188 valence electrons. The van der Waals surface area contributed by atoms with Crippen LogP contribution < -0.4 is 19.5 Å². The van der Waals surface area contributed by atoms with Crippen molar-refractivity contribution in [3.63, 3.8) is 0 Å². The van der Waals surface area contributed by atoms with Crippen LogP contribution in [0.1, 0.15) is 17.3 Å². The molecule has 6 nitrogen and oxygen atoms in total. The number of halogens is 6. The molecule has 1 atom stereocenters. The molecule has 0 aliphatic heterocycles. The molecule has 0 aliphatic carbocycles. The van der Waals surface area contributed by atoms with Gasteiger partial charge in [-0.2, -0.15) is 5.26 Å². The number of nitrogens with one attached hydrogen (secondary N) is 1. The van der Waals surface area contributed by atoms with E-state index in [2.05, 4.69) is 10.1 Å². The highest BCUT2D eigenvalue weighted by molar-refractivity contribution is 6.42. The lowest BCUT2D eigenvalue weighted by Gasteiger charge is -2.24. The molecular weight excluding hydrogens is 544 g/mol. The van der Waals surface area contributed by atoms with Crippen LogP contribution in [0.25, 0.3) is 0 Å². The Hall–Kier alpha value is -3.32. The average Bonchev–Trinajstić information content (AvgIpc) is 2.81. The van der Waals surface area contributed by atoms with Gasteiger partial charge in [-0.25, -0.2) is 0 Å². The standard InChI is InChI=1S/C24H16Cl3F3N2O4/c1-23(12-31,32-22(33)14-2-5-16(6-3-14)36-24(28,29)30)13-34-21-10-15(25)4-9-20(21)35-17-7-8-18(26)19(27)11-17/h2-11H,13H2,1H3,(H,32,33). The van der Waals surface area contributed by atoms with Crippen molar-refractivity contribution in [1.82, 2.24) is 5.32 Å². The number of ether oxygens (including phenoxy) is 3. The maximum Gasteiger partial charge on any atom is 0.573 e. The minimum absolute atomic E-state index is 0.0115. The molecule has 12 heteroatoms. The minimum atomic E-state index is -4.86. The first-order valence-electron chi connectivity index (χ1n) is 10.0. The Morgan fingerprint density at radius 1 is 0.944 bits per heavy atom. The third kappa shape index (κ3) is 7.59. The van der Waals surface area contributed by atoms with E-state index in [1.807, 2.05) is 6.07 Å². The van der Waals surface area contributed by atoms with Crippen molar-refractivity contribution < 1.29 is 32.2 Å². The van der Waals surface area contributed by atoms with E-state index in [0.717, 1.165) is 24.3 Å². The second kappa shape index (κ2) is 11.2. The summed E-state index contributed by atoms with van der Waals surface area (Å²) in [7, 11) is 0. The van der Waals surface area contributed by atoms with E-state index in [-0.39, 0.29) is 28.7 Å². The Bertz CT molecular complexity index is 1300. The Balaban J connectivity index is 1.71. The summed E-state index contributed by atoms with van der Waals surface area (Å²) >= 11 is 18.0. The number of carbonyl (C=O) groups excluding carboxylic acids is 1. The maximum atomic E-state index is 12.6. The number of alkyl halides is 3. The van der Waals surface area contributed by atoms with Gasteiger partial charge in [0.1, 0.15) is 18.1 Å². The van der Waals surface area contributed by atoms with Crippen LogP contribution in [0.5, 0.6) is 23.0 Å². The van der Waals surface area contributed by atoms with Gasteiger partial charge in [0.2, 0.25) is 0 Å². The van der Waals surface area contributed by atoms with E-state index < -0.39 is 23.6 Å². The molecule has 3 aromatic rings. The zero-order valence-corrected chi connectivity index (χ0v) is 20.6. The molecule has 3 aromatic carbocycles. The molecule has 0 bridgehead atoms. The number of nitriles is 1. The largest absolute Gasteiger partial charge is 0.573 e. The highest BCUT2D eigenvalue weighted by Crippen LogP contribution is 2.36. The molecule has 0 aliphatic rings. The van der Waals surface area contributed by atoms with Gasteiger partial charge < -0.3 is 19.5 Å². The molecule has 36 heavy (non-hydrogen) atoms. The minimum Gasteiger partial charge on any atom is -0.486 e. The quantitative estimate of drug-likeness (QED) is 0.310. The van der Waals surface area contributed by atoms with Crippen molar-refractivity contribution in [2.24, 2.45) is 0 Å². The predicted molar refractivity (Wildman–Crippen MR) is 128 cm³/mol. The Kier molecular flexibility index (Phi) is 8.46. The van der Waals surface area contributed by atoms with Crippen molar-refractivity contribution >= 4 is 40.7 Å². The van der Waals surface area contributed by atoms with Gasteiger partial charge in [0.05, 0.1) is 16.1 Å². The summed E-state index contributed by atoms with van der Waals surface area (Å²) in [5.74, 6) is -0.394. The number of amides is 1. The van der Waals surface area contributed by atoms with Gasteiger partial charge in [-0.1, -0.05) is 34.8 Å². The number of hydrogen-bond donors (Lipinski definition) is 1. The fraction of sp³-hybridized carbons (Fsp3) is 0.167. The lowest BCUT2D eigenvalue weighted by atomic mass is 10.0. The Morgan fingerprint density at radius 2 is 1.61 bits per heavy atom. The SMILES string of the molecule is CC(C#N)(COc1cc(Cl)ccc1Oc1ccc(Cl)c(Cl)c1)NC(=O)c1ccc(OC(F)(F)F)cc1. The first-order valence-corrected chi connectivity index (χ1v) is 11.2. The summed E-state index contributed by atoms with van der Waals surface area (Å²) in [4.78, 5) is 12.6. The summed E-state index contributed by atoms with van der Waals surface area (Å²) in [5.41, 5.74) is -1.51. The molecule has 3 rings (SSSR count). The van der Waals surface area contributed by atoms with Crippen LogP contribution in [-0.2, 0) is 0 Å².